The normalized spacial score (nSPS) is 24.7. The Hall–Kier alpha value is -2.59. The van der Waals surface area contributed by atoms with E-state index in [1.165, 1.54) is 0 Å². The third-order valence-corrected chi connectivity index (χ3v) is 10.4. The van der Waals surface area contributed by atoms with E-state index in [9.17, 15) is 24.3 Å². The molecule has 0 aromatic heterocycles. The number of nitrogens with one attached hydrogen (secondary N) is 4. The average molecular weight is 645 g/mol. The molecule has 2 aliphatic heterocycles. The predicted molar refractivity (Wildman–Crippen MR) is 182 cm³/mol. The summed E-state index contributed by atoms with van der Waals surface area (Å²) in [6, 6.07) is 0.422. The van der Waals surface area contributed by atoms with Crippen LogP contribution in [0.5, 0.6) is 0 Å². The maximum atomic E-state index is 12.3. The number of carbonyl (C=O) groups excluding carboxylic acids is 4. The number of unbranched alkanes of at least 4 members (excludes halogenated alkanes) is 6. The number of aliphatic hydroxyl groups excluding tert-OH is 1. The van der Waals surface area contributed by atoms with Gasteiger partial charge in [0.1, 0.15) is 0 Å². The third-order valence-electron chi connectivity index (χ3n) is 8.88. The maximum Gasteiger partial charge on any atom is 0.315 e. The second-order valence-electron chi connectivity index (χ2n) is 12.6. The van der Waals surface area contributed by atoms with Gasteiger partial charge in [-0.15, -0.1) is 0 Å². The summed E-state index contributed by atoms with van der Waals surface area (Å²) in [6.07, 6.45) is 24.0. The Morgan fingerprint density at radius 3 is 2.49 bits per heavy atom. The van der Waals surface area contributed by atoms with Crippen LogP contribution in [0, 0.1) is 11.8 Å². The van der Waals surface area contributed by atoms with Crippen LogP contribution < -0.4 is 21.3 Å². The third kappa shape index (κ3) is 14.2. The van der Waals surface area contributed by atoms with E-state index in [4.69, 9.17) is 0 Å². The molecule has 0 radical (unpaired) electrons. The quantitative estimate of drug-likeness (QED) is 0.0597. The van der Waals surface area contributed by atoms with Gasteiger partial charge in [-0.1, -0.05) is 63.0 Å². The molecule has 252 valence electrons. The number of hydrogen-bond acceptors (Lipinski definition) is 6. The number of aliphatic hydroxyl groups is 1. The summed E-state index contributed by atoms with van der Waals surface area (Å²) in [6.45, 7) is 3.46. The summed E-state index contributed by atoms with van der Waals surface area (Å²) in [5, 5.41) is 22.5. The lowest BCUT2D eigenvalue weighted by molar-refractivity contribution is -0.121. The fourth-order valence-electron chi connectivity index (χ4n) is 6.16. The molecule has 6 atom stereocenters. The summed E-state index contributed by atoms with van der Waals surface area (Å²) < 4.78 is 0. The van der Waals surface area contributed by atoms with Crippen LogP contribution in [0.4, 0.5) is 4.79 Å². The largest absolute Gasteiger partial charge is 0.389 e. The smallest absolute Gasteiger partial charge is 0.315 e. The van der Waals surface area contributed by atoms with E-state index in [1.807, 2.05) is 36.1 Å². The minimum atomic E-state index is -0.449. The summed E-state index contributed by atoms with van der Waals surface area (Å²) in [5.41, 5.74) is 0. The SMILES string of the molecule is CCCCC[C@H](O)/C=C/[C@H]1C=CC(=O)[C@@H]1C/C=C\CCCC(=O)NCCCCCNC(=O)CCCC[C@@H]1SC[C@@H]2NC(=O)N[C@@H]21. The predicted octanol–water partition coefficient (Wildman–Crippen LogP) is 5.10. The zero-order valence-corrected chi connectivity index (χ0v) is 28.0. The highest BCUT2D eigenvalue weighted by Gasteiger charge is 2.42. The lowest BCUT2D eigenvalue weighted by Crippen LogP contribution is -2.36. The molecule has 1 aliphatic carbocycles. The zero-order chi connectivity index (χ0) is 32.3. The van der Waals surface area contributed by atoms with Crippen LogP contribution in [-0.2, 0) is 14.4 Å². The van der Waals surface area contributed by atoms with Gasteiger partial charge in [0.25, 0.3) is 0 Å². The highest BCUT2D eigenvalue weighted by atomic mass is 32.2. The minimum Gasteiger partial charge on any atom is -0.389 e. The van der Waals surface area contributed by atoms with Crippen molar-refractivity contribution in [3.8, 4) is 0 Å². The number of rotatable bonds is 23. The van der Waals surface area contributed by atoms with E-state index in [2.05, 4.69) is 34.3 Å². The summed E-state index contributed by atoms with van der Waals surface area (Å²) in [7, 11) is 0. The Balaban J connectivity index is 1.11. The molecule has 2 fully saturated rings. The molecule has 9 nitrogen and oxygen atoms in total. The van der Waals surface area contributed by atoms with Crippen LogP contribution in [0.15, 0.2) is 36.5 Å². The molecule has 0 bridgehead atoms. The first-order chi connectivity index (χ1) is 21.9. The van der Waals surface area contributed by atoms with Gasteiger partial charge in [0.15, 0.2) is 5.78 Å². The molecule has 2 saturated heterocycles. The van der Waals surface area contributed by atoms with E-state index >= 15 is 0 Å². The van der Waals surface area contributed by atoms with Crippen molar-refractivity contribution < 1.29 is 24.3 Å². The number of amides is 4. The number of urea groups is 1. The molecule has 0 aromatic carbocycles. The standard InChI is InChI=1S/C35H56N4O5S/c1-2-3-7-14-27(40)21-19-26-20-22-30(41)28(26)15-8-4-5-9-17-32(42)36-23-12-6-13-24-37-33(43)18-11-10-16-31-34-29(25-45-31)38-35(44)39-34/h4,8,19-22,26-29,31,34,40H,2-3,5-7,9-18,23-25H2,1H3,(H,36,42)(H,37,43)(H2,38,39,44)/b8-4-,21-19+/t26-,27-,28+,29-,31-,34-/m0/s1. The van der Waals surface area contributed by atoms with Crippen molar-refractivity contribution in [1.29, 1.82) is 0 Å². The number of hydrogen-bond donors (Lipinski definition) is 5. The van der Waals surface area contributed by atoms with Gasteiger partial charge < -0.3 is 26.4 Å². The van der Waals surface area contributed by atoms with Crippen LogP contribution in [0.25, 0.3) is 0 Å². The van der Waals surface area contributed by atoms with E-state index in [-0.39, 0.29) is 47.5 Å². The van der Waals surface area contributed by atoms with Crippen molar-refractivity contribution >= 4 is 35.4 Å². The number of fused-ring (bicyclic) bond motifs is 1. The van der Waals surface area contributed by atoms with Crippen LogP contribution in [0.1, 0.15) is 103 Å². The van der Waals surface area contributed by atoms with Crippen molar-refractivity contribution in [1.82, 2.24) is 21.3 Å². The molecular formula is C35H56N4O5S. The Morgan fingerprint density at radius 2 is 1.73 bits per heavy atom. The van der Waals surface area contributed by atoms with E-state index < -0.39 is 6.10 Å². The Labute approximate surface area is 274 Å². The molecule has 0 spiro atoms. The first-order valence-corrected chi connectivity index (χ1v) is 18.4. The minimum absolute atomic E-state index is 0.0344. The molecule has 3 aliphatic rings. The molecule has 5 N–H and O–H groups in total. The summed E-state index contributed by atoms with van der Waals surface area (Å²) in [5.74, 6) is 1.19. The molecule has 0 aromatic rings. The van der Waals surface area contributed by atoms with Crippen LogP contribution in [0.3, 0.4) is 0 Å². The fraction of sp³-hybridized carbons (Fsp3) is 0.714. The van der Waals surface area contributed by atoms with E-state index in [1.54, 1.807) is 6.08 Å². The molecule has 0 unspecified atom stereocenters. The highest BCUT2D eigenvalue weighted by molar-refractivity contribution is 8.00. The van der Waals surface area contributed by atoms with Gasteiger partial charge >= 0.3 is 6.03 Å². The van der Waals surface area contributed by atoms with Crippen molar-refractivity contribution in [2.24, 2.45) is 11.8 Å². The van der Waals surface area contributed by atoms with Gasteiger partial charge in [-0.2, -0.15) is 11.8 Å². The lowest BCUT2D eigenvalue weighted by atomic mass is 9.90. The second-order valence-corrected chi connectivity index (χ2v) is 13.9. The van der Waals surface area contributed by atoms with Gasteiger partial charge in [0.05, 0.1) is 18.2 Å². The number of carbonyl (C=O) groups is 4. The van der Waals surface area contributed by atoms with Crippen LogP contribution in [0.2, 0.25) is 0 Å². The van der Waals surface area contributed by atoms with Crippen molar-refractivity contribution in [2.45, 2.75) is 127 Å². The van der Waals surface area contributed by atoms with Crippen molar-refractivity contribution in [3.63, 3.8) is 0 Å². The molecule has 45 heavy (non-hydrogen) atoms. The lowest BCUT2D eigenvalue weighted by Gasteiger charge is -2.16. The Bertz CT molecular complexity index is 1030. The monoisotopic (exact) mass is 644 g/mol. The molecule has 10 heteroatoms. The topological polar surface area (TPSA) is 137 Å². The first kappa shape index (κ1) is 36.9. The zero-order valence-electron chi connectivity index (χ0n) is 27.1. The number of thioether (sulfide) groups is 1. The molecule has 2 heterocycles. The fourth-order valence-corrected chi connectivity index (χ4v) is 7.70. The van der Waals surface area contributed by atoms with Gasteiger partial charge in [-0.05, 0) is 63.9 Å². The molecular weight excluding hydrogens is 588 g/mol. The summed E-state index contributed by atoms with van der Waals surface area (Å²) in [4.78, 5) is 48.0. The number of ketones is 1. The van der Waals surface area contributed by atoms with E-state index in [0.717, 1.165) is 82.8 Å². The molecule has 0 saturated carbocycles. The van der Waals surface area contributed by atoms with Gasteiger partial charge in [-0.25, -0.2) is 4.79 Å². The average Bonchev–Trinajstić information content (AvgIpc) is 3.69. The van der Waals surface area contributed by atoms with Crippen molar-refractivity contribution in [3.05, 3.63) is 36.5 Å². The molecule has 4 amide bonds. The molecule has 3 rings (SSSR count). The Morgan fingerprint density at radius 1 is 0.978 bits per heavy atom. The maximum absolute atomic E-state index is 12.3. The first-order valence-electron chi connectivity index (χ1n) is 17.3. The Kier molecular flexibility index (Phi) is 17.4. The van der Waals surface area contributed by atoms with Gasteiger partial charge in [0.2, 0.25) is 11.8 Å². The van der Waals surface area contributed by atoms with Gasteiger partial charge in [0, 0.05) is 48.8 Å². The van der Waals surface area contributed by atoms with Gasteiger partial charge in [-0.3, -0.25) is 14.4 Å². The van der Waals surface area contributed by atoms with Crippen LogP contribution >= 0.6 is 11.8 Å². The summed E-state index contributed by atoms with van der Waals surface area (Å²) >= 11 is 1.91. The number of allylic oxidation sites excluding steroid dienone is 5. The van der Waals surface area contributed by atoms with Crippen molar-refractivity contribution in [2.75, 3.05) is 18.8 Å². The van der Waals surface area contributed by atoms with Crippen LogP contribution in [-0.4, -0.2) is 71.0 Å². The second kappa shape index (κ2) is 21.3. The highest BCUT2D eigenvalue weighted by Crippen LogP contribution is 2.33. The van der Waals surface area contributed by atoms with E-state index in [0.29, 0.717) is 37.6 Å².